The van der Waals surface area contributed by atoms with Gasteiger partial charge in [0.05, 0.1) is 47.3 Å². The van der Waals surface area contributed by atoms with Crippen LogP contribution in [0.3, 0.4) is 0 Å². The van der Waals surface area contributed by atoms with Gasteiger partial charge in [-0.15, -0.1) is 0 Å². The first-order chi connectivity index (χ1) is 19.3. The molecule has 3 aromatic carbocycles. The number of hydrogen-bond donors (Lipinski definition) is 1. The van der Waals surface area contributed by atoms with Gasteiger partial charge in [-0.2, -0.15) is 0 Å². The molecule has 1 atom stereocenters. The van der Waals surface area contributed by atoms with E-state index in [-0.39, 0.29) is 13.2 Å². The molecule has 0 fully saturated rings. The van der Waals surface area contributed by atoms with Crippen molar-refractivity contribution in [1.82, 2.24) is 0 Å². The summed E-state index contributed by atoms with van der Waals surface area (Å²) in [6, 6.07) is 15.9. The minimum atomic E-state index is -1.18. The number of esters is 1. The second kappa shape index (κ2) is 14.0. The van der Waals surface area contributed by atoms with Crippen molar-refractivity contribution in [2.24, 2.45) is 0 Å². The first-order valence-electron chi connectivity index (χ1n) is 12.6. The predicted molar refractivity (Wildman–Crippen MR) is 151 cm³/mol. The molecular weight excluding hydrogens is 514 g/mol. The first-order valence-corrected chi connectivity index (χ1v) is 12.6. The van der Waals surface area contributed by atoms with Crippen LogP contribution in [-0.4, -0.2) is 52.0 Å². The maximum absolute atomic E-state index is 13.6. The number of hydrogen-bond acceptors (Lipinski definition) is 8. The van der Waals surface area contributed by atoms with E-state index in [1.54, 1.807) is 62.6 Å². The fraction of sp³-hybridized carbons (Fsp3) is 0.290. The van der Waals surface area contributed by atoms with Gasteiger partial charge in [-0.1, -0.05) is 29.8 Å². The zero-order valence-corrected chi connectivity index (χ0v) is 23.6. The van der Waals surface area contributed by atoms with Crippen molar-refractivity contribution < 1.29 is 38.4 Å². The molecule has 0 saturated heterocycles. The molecule has 1 amide bonds. The molecule has 0 radical (unpaired) electrons. The third kappa shape index (κ3) is 6.92. The molecule has 0 aliphatic rings. The van der Waals surface area contributed by atoms with Crippen LogP contribution in [0.4, 0.5) is 5.69 Å². The normalized spacial score (nSPS) is 11.6. The van der Waals surface area contributed by atoms with E-state index in [2.05, 4.69) is 0 Å². The Balaban J connectivity index is 2.17. The maximum Gasteiger partial charge on any atom is 0.330 e. The fourth-order valence-electron chi connectivity index (χ4n) is 4.29. The smallest absolute Gasteiger partial charge is 0.330 e. The van der Waals surface area contributed by atoms with Gasteiger partial charge in [-0.05, 0) is 38.1 Å². The minimum Gasteiger partial charge on any atom is -0.497 e. The second-order valence-corrected chi connectivity index (χ2v) is 8.74. The van der Waals surface area contributed by atoms with Crippen LogP contribution < -0.4 is 23.8 Å². The predicted octanol–water partition coefficient (Wildman–Crippen LogP) is 4.76. The van der Waals surface area contributed by atoms with Crippen molar-refractivity contribution in [2.45, 2.75) is 26.5 Å². The molecule has 9 nitrogen and oxygen atoms in total. The monoisotopic (exact) mass is 549 g/mol. The van der Waals surface area contributed by atoms with Crippen molar-refractivity contribution in [3.63, 3.8) is 0 Å². The second-order valence-electron chi connectivity index (χ2n) is 8.74. The maximum atomic E-state index is 13.6. The van der Waals surface area contributed by atoms with Crippen molar-refractivity contribution in [3.8, 4) is 23.0 Å². The molecule has 0 aliphatic heterocycles. The van der Waals surface area contributed by atoms with E-state index >= 15 is 0 Å². The third-order valence-electron chi connectivity index (χ3n) is 6.23. The number of aliphatic hydroxyl groups excluding tert-OH is 1. The number of rotatable bonds is 12. The summed E-state index contributed by atoms with van der Waals surface area (Å²) < 4.78 is 26.8. The Kier molecular flexibility index (Phi) is 10.6. The topological polar surface area (TPSA) is 104 Å². The number of ether oxygens (including phenoxy) is 5. The van der Waals surface area contributed by atoms with Crippen LogP contribution in [0.25, 0.3) is 0 Å². The number of nitrogens with zero attached hydrogens (tertiary/aromatic N) is 1. The summed E-state index contributed by atoms with van der Waals surface area (Å²) in [6.07, 6.45) is 1.05. The van der Waals surface area contributed by atoms with Crippen LogP contribution in [0, 0.1) is 6.92 Å². The minimum absolute atomic E-state index is 0.0667. The standard InChI is InChI=1S/C31H35NO8/c1-7-40-29(34)16-15-28(33)32(19-21-12-13-22(36-3)18-27(21)38-5)25-14-11-20(2)17-24(25)30(35)23-9-8-10-26(37-4)31(23)39-6/h8-18,30,35H,7,19H2,1-6H3. The Hall–Kier alpha value is -4.50. The zero-order chi connectivity index (χ0) is 29.2. The van der Waals surface area contributed by atoms with E-state index in [9.17, 15) is 14.7 Å². The highest BCUT2D eigenvalue weighted by Crippen LogP contribution is 2.41. The molecule has 1 unspecified atom stereocenters. The number of carbonyl (C=O) groups excluding carboxylic acids is 2. The van der Waals surface area contributed by atoms with E-state index < -0.39 is 18.0 Å². The lowest BCUT2D eigenvalue weighted by atomic mass is 9.96. The summed E-state index contributed by atoms with van der Waals surface area (Å²) in [5.41, 5.74) is 2.90. The number of aliphatic hydroxyl groups is 1. The Labute approximate surface area is 234 Å². The van der Waals surface area contributed by atoms with Gasteiger partial charge >= 0.3 is 5.97 Å². The lowest BCUT2D eigenvalue weighted by Crippen LogP contribution is -2.30. The van der Waals surface area contributed by atoms with Crippen LogP contribution in [-0.2, 0) is 20.9 Å². The lowest BCUT2D eigenvalue weighted by molar-refractivity contribution is -0.137. The molecule has 0 heterocycles. The highest BCUT2D eigenvalue weighted by molar-refractivity contribution is 6.04. The van der Waals surface area contributed by atoms with E-state index in [1.165, 1.54) is 26.2 Å². The van der Waals surface area contributed by atoms with Crippen molar-refractivity contribution >= 4 is 17.6 Å². The van der Waals surface area contributed by atoms with Gasteiger partial charge in [0, 0.05) is 34.9 Å². The van der Waals surface area contributed by atoms with Crippen LogP contribution >= 0.6 is 0 Å². The number of amides is 1. The third-order valence-corrected chi connectivity index (χ3v) is 6.23. The Morgan fingerprint density at radius 3 is 2.27 bits per heavy atom. The Morgan fingerprint density at radius 2 is 1.62 bits per heavy atom. The zero-order valence-electron chi connectivity index (χ0n) is 23.6. The SMILES string of the molecule is CCOC(=O)C=CC(=O)N(Cc1ccc(OC)cc1OC)c1ccc(C)cc1C(O)c1cccc(OC)c1OC. The van der Waals surface area contributed by atoms with Gasteiger partial charge in [0.1, 0.15) is 17.6 Å². The fourth-order valence-corrected chi connectivity index (χ4v) is 4.29. The molecular formula is C31H35NO8. The van der Waals surface area contributed by atoms with E-state index in [1.807, 2.05) is 13.0 Å². The number of benzene rings is 3. The molecule has 3 rings (SSSR count). The molecule has 0 bridgehead atoms. The van der Waals surface area contributed by atoms with Crippen molar-refractivity contribution in [3.05, 3.63) is 89.0 Å². The lowest BCUT2D eigenvalue weighted by Gasteiger charge is -2.28. The van der Waals surface area contributed by atoms with Crippen molar-refractivity contribution in [2.75, 3.05) is 39.9 Å². The summed E-state index contributed by atoms with van der Waals surface area (Å²) in [6.45, 7) is 3.82. The van der Waals surface area contributed by atoms with Crippen LogP contribution in [0.1, 0.15) is 35.3 Å². The van der Waals surface area contributed by atoms with E-state index in [0.29, 0.717) is 45.4 Å². The number of aryl methyl sites for hydroxylation is 1. The summed E-state index contributed by atoms with van der Waals surface area (Å²) >= 11 is 0. The van der Waals surface area contributed by atoms with Gasteiger partial charge in [-0.3, -0.25) is 4.79 Å². The quantitative estimate of drug-likeness (QED) is 0.255. The summed E-state index contributed by atoms with van der Waals surface area (Å²) in [4.78, 5) is 27.1. The molecule has 1 N–H and O–H groups in total. The molecule has 0 spiro atoms. The van der Waals surface area contributed by atoms with E-state index in [4.69, 9.17) is 23.7 Å². The number of anilines is 1. The molecule has 0 saturated carbocycles. The van der Waals surface area contributed by atoms with Crippen LogP contribution in [0.15, 0.2) is 66.7 Å². The van der Waals surface area contributed by atoms with Gasteiger partial charge in [0.2, 0.25) is 0 Å². The molecule has 212 valence electrons. The molecule has 40 heavy (non-hydrogen) atoms. The molecule has 0 aliphatic carbocycles. The molecule has 3 aromatic rings. The Morgan fingerprint density at radius 1 is 0.875 bits per heavy atom. The number of para-hydroxylation sites is 1. The van der Waals surface area contributed by atoms with Crippen LogP contribution in [0.2, 0.25) is 0 Å². The molecule has 9 heteroatoms. The number of methoxy groups -OCH3 is 4. The summed E-state index contributed by atoms with van der Waals surface area (Å²) in [5.74, 6) is 0.805. The van der Waals surface area contributed by atoms with Crippen molar-refractivity contribution in [1.29, 1.82) is 0 Å². The largest absolute Gasteiger partial charge is 0.497 e. The van der Waals surface area contributed by atoms with E-state index in [0.717, 1.165) is 17.7 Å². The first kappa shape index (κ1) is 30.0. The van der Waals surface area contributed by atoms with Gasteiger partial charge in [0.15, 0.2) is 11.5 Å². The van der Waals surface area contributed by atoms with Crippen LogP contribution in [0.5, 0.6) is 23.0 Å². The highest BCUT2D eigenvalue weighted by atomic mass is 16.5. The highest BCUT2D eigenvalue weighted by Gasteiger charge is 2.26. The average Bonchev–Trinajstić information content (AvgIpc) is 2.98. The average molecular weight is 550 g/mol. The van der Waals surface area contributed by atoms with Gasteiger partial charge in [0.25, 0.3) is 5.91 Å². The van der Waals surface area contributed by atoms with Gasteiger partial charge < -0.3 is 33.7 Å². The Bertz CT molecular complexity index is 1370. The number of carbonyl (C=O) groups is 2. The van der Waals surface area contributed by atoms with Gasteiger partial charge in [-0.25, -0.2) is 4.79 Å². The summed E-state index contributed by atoms with van der Waals surface area (Å²) in [5, 5.41) is 11.7. The molecule has 0 aromatic heterocycles. The summed E-state index contributed by atoms with van der Waals surface area (Å²) in [7, 11) is 6.10.